The summed E-state index contributed by atoms with van der Waals surface area (Å²) < 4.78 is 3.11. The van der Waals surface area contributed by atoms with Gasteiger partial charge in [0.25, 0.3) is 0 Å². The molecule has 0 spiro atoms. The third-order valence-electron chi connectivity index (χ3n) is 4.05. The monoisotopic (exact) mass is 246 g/mol. The molecule has 1 fully saturated rings. The summed E-state index contributed by atoms with van der Waals surface area (Å²) in [5.74, 6) is 0.773. The molecule has 1 aromatic heterocycles. The highest BCUT2D eigenvalue weighted by atomic mass is 32.1. The van der Waals surface area contributed by atoms with Gasteiger partial charge in [-0.05, 0) is 54.6 Å². The summed E-state index contributed by atoms with van der Waals surface area (Å²) in [6, 6.07) is 6.49. The number of rotatable bonds is 2. The molecular formula is C14H18N2S. The lowest BCUT2D eigenvalue weighted by Gasteiger charge is -2.06. The van der Waals surface area contributed by atoms with E-state index in [2.05, 4.69) is 48.5 Å². The Labute approximate surface area is 107 Å². The van der Waals surface area contributed by atoms with Crippen LogP contribution in [0.3, 0.4) is 0 Å². The van der Waals surface area contributed by atoms with E-state index < -0.39 is 0 Å². The van der Waals surface area contributed by atoms with Crippen molar-refractivity contribution in [3.05, 3.63) is 28.5 Å². The van der Waals surface area contributed by atoms with Crippen LogP contribution in [-0.2, 0) is 6.54 Å². The van der Waals surface area contributed by atoms with Gasteiger partial charge in [0.15, 0.2) is 4.77 Å². The molecule has 1 atom stereocenters. The van der Waals surface area contributed by atoms with Gasteiger partial charge in [0.2, 0.25) is 0 Å². The number of benzene rings is 1. The summed E-state index contributed by atoms with van der Waals surface area (Å²) in [6.45, 7) is 7.83. The zero-order valence-corrected chi connectivity index (χ0v) is 11.4. The van der Waals surface area contributed by atoms with E-state index in [0.717, 1.165) is 22.8 Å². The van der Waals surface area contributed by atoms with Gasteiger partial charge in [-0.15, -0.1) is 0 Å². The second kappa shape index (κ2) is 3.45. The van der Waals surface area contributed by atoms with E-state index in [1.54, 1.807) is 0 Å². The molecule has 2 nitrogen and oxygen atoms in total. The van der Waals surface area contributed by atoms with Crippen LogP contribution in [-0.4, -0.2) is 9.55 Å². The lowest BCUT2D eigenvalue weighted by Crippen LogP contribution is -2.03. The molecule has 0 aliphatic heterocycles. The van der Waals surface area contributed by atoms with Gasteiger partial charge in [0.1, 0.15) is 0 Å². The number of hydrogen-bond acceptors (Lipinski definition) is 1. The van der Waals surface area contributed by atoms with E-state index in [9.17, 15) is 0 Å². The first-order chi connectivity index (χ1) is 7.97. The van der Waals surface area contributed by atoms with Gasteiger partial charge in [0.05, 0.1) is 11.0 Å². The van der Waals surface area contributed by atoms with Crippen LogP contribution in [0, 0.1) is 23.0 Å². The Bertz CT molecular complexity index is 633. The maximum atomic E-state index is 5.42. The van der Waals surface area contributed by atoms with Gasteiger partial charge in [-0.25, -0.2) is 0 Å². The first-order valence-electron chi connectivity index (χ1n) is 6.16. The van der Waals surface area contributed by atoms with Crippen LogP contribution in [0.2, 0.25) is 0 Å². The summed E-state index contributed by atoms with van der Waals surface area (Å²) in [5, 5.41) is 0. The Morgan fingerprint density at radius 1 is 1.47 bits per heavy atom. The lowest BCUT2D eigenvalue weighted by molar-refractivity contribution is 0.502. The fourth-order valence-corrected chi connectivity index (χ4v) is 2.85. The van der Waals surface area contributed by atoms with Crippen molar-refractivity contribution in [3.63, 3.8) is 0 Å². The molecule has 1 unspecified atom stereocenters. The van der Waals surface area contributed by atoms with Gasteiger partial charge in [-0.2, -0.15) is 0 Å². The molecule has 3 heteroatoms. The zero-order chi connectivity index (χ0) is 12.2. The van der Waals surface area contributed by atoms with Crippen LogP contribution >= 0.6 is 12.2 Å². The fourth-order valence-electron chi connectivity index (χ4n) is 2.57. The molecule has 1 heterocycles. The van der Waals surface area contributed by atoms with Crippen molar-refractivity contribution in [1.29, 1.82) is 0 Å². The normalized spacial score (nSPS) is 21.9. The third kappa shape index (κ3) is 1.82. The summed E-state index contributed by atoms with van der Waals surface area (Å²) in [7, 11) is 0. The van der Waals surface area contributed by atoms with Gasteiger partial charge < -0.3 is 9.55 Å². The van der Waals surface area contributed by atoms with Crippen molar-refractivity contribution in [2.24, 2.45) is 11.3 Å². The lowest BCUT2D eigenvalue weighted by atomic mass is 10.1. The van der Waals surface area contributed by atoms with Gasteiger partial charge >= 0.3 is 0 Å². The maximum absolute atomic E-state index is 5.42. The standard InChI is InChI=1S/C14H18N2S/c1-9-4-5-12-11(6-9)15-13(17)16(12)8-10-7-14(10,2)3/h4-6,10H,7-8H2,1-3H3,(H,15,17). The molecule has 0 saturated heterocycles. The van der Waals surface area contributed by atoms with E-state index in [1.807, 2.05) is 0 Å². The second-order valence-electron chi connectivity index (χ2n) is 5.95. The Kier molecular flexibility index (Phi) is 2.24. The van der Waals surface area contributed by atoms with E-state index in [-0.39, 0.29) is 0 Å². The molecule has 2 aromatic rings. The summed E-state index contributed by atoms with van der Waals surface area (Å²) in [4.78, 5) is 3.31. The minimum Gasteiger partial charge on any atom is -0.331 e. The molecule has 1 aliphatic carbocycles. The van der Waals surface area contributed by atoms with E-state index in [4.69, 9.17) is 12.2 Å². The minimum atomic E-state index is 0.503. The topological polar surface area (TPSA) is 20.7 Å². The SMILES string of the molecule is Cc1ccc2c(c1)[nH]c(=S)n2CC1CC1(C)C. The highest BCUT2D eigenvalue weighted by Crippen LogP contribution is 2.52. The number of imidazole rings is 1. The minimum absolute atomic E-state index is 0.503. The number of aromatic nitrogens is 2. The first kappa shape index (κ1) is 11.0. The van der Waals surface area contributed by atoms with Crippen molar-refractivity contribution in [1.82, 2.24) is 9.55 Å². The molecule has 0 bridgehead atoms. The quantitative estimate of drug-likeness (QED) is 0.793. The zero-order valence-electron chi connectivity index (χ0n) is 10.6. The predicted octanol–water partition coefficient (Wildman–Crippen LogP) is 4.05. The first-order valence-corrected chi connectivity index (χ1v) is 6.57. The van der Waals surface area contributed by atoms with Crippen molar-refractivity contribution in [2.75, 3.05) is 0 Å². The number of aromatic amines is 1. The van der Waals surface area contributed by atoms with Crippen LogP contribution in [0.15, 0.2) is 18.2 Å². The largest absolute Gasteiger partial charge is 0.331 e. The van der Waals surface area contributed by atoms with E-state index >= 15 is 0 Å². The number of H-pyrrole nitrogens is 1. The number of aryl methyl sites for hydroxylation is 1. The summed E-state index contributed by atoms with van der Waals surface area (Å²) in [5.41, 5.74) is 4.17. The molecule has 1 aliphatic rings. The molecule has 3 rings (SSSR count). The van der Waals surface area contributed by atoms with Crippen LogP contribution < -0.4 is 0 Å². The summed E-state index contributed by atoms with van der Waals surface area (Å²) >= 11 is 5.42. The maximum Gasteiger partial charge on any atom is 0.178 e. The van der Waals surface area contributed by atoms with Crippen LogP contribution in [0.4, 0.5) is 0 Å². The Morgan fingerprint density at radius 3 is 2.82 bits per heavy atom. The molecule has 90 valence electrons. The van der Waals surface area contributed by atoms with Crippen LogP contribution in [0.5, 0.6) is 0 Å². The van der Waals surface area contributed by atoms with Crippen LogP contribution in [0.25, 0.3) is 11.0 Å². The molecule has 1 aromatic carbocycles. The smallest absolute Gasteiger partial charge is 0.178 e. The molecule has 1 N–H and O–H groups in total. The number of hydrogen-bond donors (Lipinski definition) is 1. The highest BCUT2D eigenvalue weighted by Gasteiger charge is 2.45. The predicted molar refractivity (Wildman–Crippen MR) is 73.7 cm³/mol. The Balaban J connectivity index is 2.04. The Hall–Kier alpha value is -1.09. The van der Waals surface area contributed by atoms with Crippen molar-refractivity contribution < 1.29 is 0 Å². The van der Waals surface area contributed by atoms with Gasteiger partial charge in [0, 0.05) is 6.54 Å². The average molecular weight is 246 g/mol. The third-order valence-corrected chi connectivity index (χ3v) is 4.37. The summed E-state index contributed by atoms with van der Waals surface area (Å²) in [6.07, 6.45) is 1.31. The number of nitrogens with zero attached hydrogens (tertiary/aromatic N) is 1. The number of fused-ring (bicyclic) bond motifs is 1. The van der Waals surface area contributed by atoms with Crippen molar-refractivity contribution in [3.8, 4) is 0 Å². The second-order valence-corrected chi connectivity index (χ2v) is 6.34. The fraction of sp³-hybridized carbons (Fsp3) is 0.500. The molecular weight excluding hydrogens is 228 g/mol. The Morgan fingerprint density at radius 2 is 2.18 bits per heavy atom. The van der Waals surface area contributed by atoms with Crippen molar-refractivity contribution in [2.45, 2.75) is 33.7 Å². The molecule has 17 heavy (non-hydrogen) atoms. The average Bonchev–Trinajstić information content (AvgIpc) is 2.71. The molecule has 0 amide bonds. The highest BCUT2D eigenvalue weighted by molar-refractivity contribution is 7.71. The molecule has 1 saturated carbocycles. The van der Waals surface area contributed by atoms with Gasteiger partial charge in [-0.3, -0.25) is 0 Å². The van der Waals surface area contributed by atoms with Crippen molar-refractivity contribution >= 4 is 23.3 Å². The van der Waals surface area contributed by atoms with E-state index in [0.29, 0.717) is 5.41 Å². The molecule has 0 radical (unpaired) electrons. The van der Waals surface area contributed by atoms with Gasteiger partial charge in [-0.1, -0.05) is 19.9 Å². The number of nitrogens with one attached hydrogen (secondary N) is 1. The van der Waals surface area contributed by atoms with Crippen LogP contribution in [0.1, 0.15) is 25.8 Å². The van der Waals surface area contributed by atoms with E-state index in [1.165, 1.54) is 17.5 Å².